The first-order valence-electron chi connectivity index (χ1n) is 13.1. The van der Waals surface area contributed by atoms with Crippen LogP contribution >= 0.6 is 11.6 Å². The zero-order chi connectivity index (χ0) is 27.8. The summed E-state index contributed by atoms with van der Waals surface area (Å²) in [6.45, 7) is -0.340. The van der Waals surface area contributed by atoms with Gasteiger partial charge in [-0.1, -0.05) is 85.1 Å². The third kappa shape index (κ3) is 8.07. The Morgan fingerprint density at radius 3 is 2.15 bits per heavy atom. The van der Waals surface area contributed by atoms with Gasteiger partial charge in [-0.2, -0.15) is 0 Å². The van der Waals surface area contributed by atoms with E-state index in [0.717, 1.165) is 47.4 Å². The molecule has 1 N–H and O–H groups in total. The number of hydrogen-bond donors (Lipinski definition) is 1. The van der Waals surface area contributed by atoms with E-state index in [4.69, 9.17) is 11.6 Å². The first-order chi connectivity index (χ1) is 18.7. The molecule has 206 valence electrons. The maximum Gasteiger partial charge on any atom is 0.244 e. The Labute approximate surface area is 235 Å². The lowest BCUT2D eigenvalue weighted by Gasteiger charge is -2.34. The molecule has 1 aliphatic rings. The number of halogens is 1. The van der Waals surface area contributed by atoms with Gasteiger partial charge in [0.1, 0.15) is 12.6 Å². The molecule has 39 heavy (non-hydrogen) atoms. The van der Waals surface area contributed by atoms with Gasteiger partial charge in [0.25, 0.3) is 0 Å². The molecule has 0 radical (unpaired) electrons. The number of carbonyl (C=O) groups is 2. The number of amides is 2. The van der Waals surface area contributed by atoms with Crippen LogP contribution in [0.1, 0.15) is 36.8 Å². The number of anilines is 1. The number of para-hydroxylation sites is 1. The van der Waals surface area contributed by atoms with Gasteiger partial charge in [-0.05, 0) is 48.2 Å². The molecule has 1 atom stereocenters. The van der Waals surface area contributed by atoms with Crippen LogP contribution in [0.5, 0.6) is 0 Å². The molecule has 1 aliphatic carbocycles. The molecular weight excluding hydrogens is 534 g/mol. The van der Waals surface area contributed by atoms with Crippen molar-refractivity contribution in [2.24, 2.45) is 0 Å². The predicted molar refractivity (Wildman–Crippen MR) is 155 cm³/mol. The number of nitrogens with one attached hydrogen (secondary N) is 1. The van der Waals surface area contributed by atoms with Gasteiger partial charge in [0.05, 0.1) is 11.9 Å². The Hall–Kier alpha value is -3.36. The van der Waals surface area contributed by atoms with Gasteiger partial charge < -0.3 is 10.2 Å². The average molecular weight is 568 g/mol. The Bertz CT molecular complexity index is 1360. The van der Waals surface area contributed by atoms with Gasteiger partial charge in [-0.3, -0.25) is 13.9 Å². The fourth-order valence-corrected chi connectivity index (χ4v) is 6.02. The normalized spacial score (nSPS) is 14.5. The van der Waals surface area contributed by atoms with Crippen molar-refractivity contribution in [2.45, 2.75) is 50.7 Å². The molecule has 4 rings (SSSR count). The van der Waals surface area contributed by atoms with Gasteiger partial charge in [-0.15, -0.1) is 0 Å². The van der Waals surface area contributed by atoms with Crippen LogP contribution in [-0.4, -0.2) is 50.0 Å². The van der Waals surface area contributed by atoms with Crippen molar-refractivity contribution in [3.63, 3.8) is 0 Å². The summed E-state index contributed by atoms with van der Waals surface area (Å²) in [4.78, 5) is 29.3. The highest BCUT2D eigenvalue weighted by Crippen LogP contribution is 2.22. The van der Waals surface area contributed by atoms with E-state index in [1.54, 1.807) is 48.5 Å². The van der Waals surface area contributed by atoms with Gasteiger partial charge in [-0.25, -0.2) is 8.42 Å². The molecule has 1 saturated carbocycles. The number of benzene rings is 3. The minimum Gasteiger partial charge on any atom is -0.352 e. The standard InChI is InChI=1S/C30H34ClN3O4S/c1-39(37,38)34(27-17-6-3-7-18-27)22-29(35)33(21-24-13-10-14-25(31)19-24)28(20-23-11-4-2-5-12-23)30(36)32-26-15-8-9-16-26/h2-7,10-14,17-19,26,28H,8-9,15-16,20-22H2,1H3,(H,32,36). The van der Waals surface area contributed by atoms with Gasteiger partial charge >= 0.3 is 0 Å². The summed E-state index contributed by atoms with van der Waals surface area (Å²) in [6.07, 6.45) is 5.28. The molecule has 9 heteroatoms. The molecule has 0 heterocycles. The van der Waals surface area contributed by atoms with E-state index in [2.05, 4.69) is 5.32 Å². The lowest BCUT2D eigenvalue weighted by molar-refractivity contribution is -0.140. The molecule has 0 aromatic heterocycles. The molecule has 7 nitrogen and oxygen atoms in total. The Morgan fingerprint density at radius 1 is 0.923 bits per heavy atom. The topological polar surface area (TPSA) is 86.8 Å². The second kappa shape index (κ2) is 13.1. The third-order valence-electron chi connectivity index (χ3n) is 6.94. The number of rotatable bonds is 11. The summed E-state index contributed by atoms with van der Waals surface area (Å²) in [6, 6.07) is 24.4. The fraction of sp³-hybridized carbons (Fsp3) is 0.333. The van der Waals surface area contributed by atoms with Crippen LogP contribution in [-0.2, 0) is 32.6 Å². The van der Waals surface area contributed by atoms with E-state index < -0.39 is 28.5 Å². The van der Waals surface area contributed by atoms with Crippen LogP contribution < -0.4 is 9.62 Å². The average Bonchev–Trinajstić information content (AvgIpc) is 3.42. The Kier molecular flexibility index (Phi) is 9.64. The molecule has 0 spiro atoms. The van der Waals surface area contributed by atoms with E-state index in [0.29, 0.717) is 10.7 Å². The molecular formula is C30H34ClN3O4S. The summed E-state index contributed by atoms with van der Waals surface area (Å²) >= 11 is 6.25. The summed E-state index contributed by atoms with van der Waals surface area (Å²) in [5, 5.41) is 3.67. The molecule has 2 amide bonds. The van der Waals surface area contributed by atoms with Crippen molar-refractivity contribution in [2.75, 3.05) is 17.1 Å². The number of carbonyl (C=O) groups excluding carboxylic acids is 2. The van der Waals surface area contributed by atoms with Crippen LogP contribution in [0.25, 0.3) is 0 Å². The van der Waals surface area contributed by atoms with Crippen LogP contribution in [0.4, 0.5) is 5.69 Å². The first kappa shape index (κ1) is 28.6. The predicted octanol–water partition coefficient (Wildman–Crippen LogP) is 4.80. The van der Waals surface area contributed by atoms with Crippen LogP contribution in [0.2, 0.25) is 5.02 Å². The lowest BCUT2D eigenvalue weighted by Crippen LogP contribution is -2.54. The quantitative estimate of drug-likeness (QED) is 0.360. The summed E-state index contributed by atoms with van der Waals surface area (Å²) in [7, 11) is -3.79. The smallest absolute Gasteiger partial charge is 0.244 e. The van der Waals surface area contributed by atoms with Gasteiger partial charge in [0.15, 0.2) is 0 Å². The maximum atomic E-state index is 14.0. The highest BCUT2D eigenvalue weighted by molar-refractivity contribution is 7.92. The molecule has 3 aromatic rings. The largest absolute Gasteiger partial charge is 0.352 e. The fourth-order valence-electron chi connectivity index (χ4n) is 4.96. The first-order valence-corrected chi connectivity index (χ1v) is 15.3. The van der Waals surface area contributed by atoms with Gasteiger partial charge in [0.2, 0.25) is 21.8 Å². The molecule has 0 saturated heterocycles. The Morgan fingerprint density at radius 2 is 1.54 bits per heavy atom. The second-order valence-electron chi connectivity index (χ2n) is 9.95. The molecule has 0 bridgehead atoms. The van der Waals surface area contributed by atoms with Crippen LogP contribution in [0.3, 0.4) is 0 Å². The highest BCUT2D eigenvalue weighted by Gasteiger charge is 2.34. The zero-order valence-corrected chi connectivity index (χ0v) is 23.6. The van der Waals surface area contributed by atoms with E-state index >= 15 is 0 Å². The number of hydrogen-bond acceptors (Lipinski definition) is 4. The van der Waals surface area contributed by atoms with E-state index in [-0.39, 0.29) is 24.9 Å². The summed E-state index contributed by atoms with van der Waals surface area (Å²) < 4.78 is 26.6. The monoisotopic (exact) mass is 567 g/mol. The summed E-state index contributed by atoms with van der Waals surface area (Å²) in [5.41, 5.74) is 2.02. The van der Waals surface area contributed by atoms with E-state index in [1.807, 2.05) is 36.4 Å². The van der Waals surface area contributed by atoms with E-state index in [9.17, 15) is 18.0 Å². The van der Waals surface area contributed by atoms with Gasteiger partial charge in [0, 0.05) is 24.0 Å². The molecule has 3 aromatic carbocycles. The highest BCUT2D eigenvalue weighted by atomic mass is 35.5. The molecule has 1 fully saturated rings. The lowest BCUT2D eigenvalue weighted by atomic mass is 10.0. The SMILES string of the molecule is CS(=O)(=O)N(CC(=O)N(Cc1cccc(Cl)c1)C(Cc1ccccc1)C(=O)NC1CCCC1)c1ccccc1. The zero-order valence-electron chi connectivity index (χ0n) is 22.0. The number of sulfonamides is 1. The number of nitrogens with zero attached hydrogens (tertiary/aromatic N) is 2. The maximum absolute atomic E-state index is 14.0. The van der Waals surface area contributed by atoms with Crippen LogP contribution in [0.15, 0.2) is 84.9 Å². The molecule has 1 unspecified atom stereocenters. The minimum absolute atomic E-state index is 0.0655. The van der Waals surface area contributed by atoms with Crippen molar-refractivity contribution in [3.05, 3.63) is 101 Å². The van der Waals surface area contributed by atoms with Crippen molar-refractivity contribution in [1.29, 1.82) is 0 Å². The summed E-state index contributed by atoms with van der Waals surface area (Å²) in [5.74, 6) is -0.724. The molecule has 0 aliphatic heterocycles. The van der Waals surface area contributed by atoms with Crippen molar-refractivity contribution >= 4 is 39.1 Å². The van der Waals surface area contributed by atoms with Crippen molar-refractivity contribution in [1.82, 2.24) is 10.2 Å². The van der Waals surface area contributed by atoms with Crippen molar-refractivity contribution < 1.29 is 18.0 Å². The van der Waals surface area contributed by atoms with Crippen LogP contribution in [0, 0.1) is 0 Å². The second-order valence-corrected chi connectivity index (χ2v) is 12.3. The van der Waals surface area contributed by atoms with Crippen molar-refractivity contribution in [3.8, 4) is 0 Å². The Balaban J connectivity index is 1.71. The minimum atomic E-state index is -3.79. The third-order valence-corrected chi connectivity index (χ3v) is 8.31. The van der Waals surface area contributed by atoms with E-state index in [1.165, 1.54) is 4.90 Å².